The van der Waals surface area contributed by atoms with Crippen LogP contribution in [0, 0.1) is 5.92 Å². The Hall–Kier alpha value is -0.130. The maximum Gasteiger partial charge on any atom is 0.214 e. The molecule has 0 aromatic carbocycles. The smallest absolute Gasteiger partial charge is 0.214 e. The molecule has 1 rings (SSSR count). The summed E-state index contributed by atoms with van der Waals surface area (Å²) in [5.74, 6) is 0.782. The van der Waals surface area contributed by atoms with Crippen molar-refractivity contribution in [2.75, 3.05) is 31.9 Å². The predicted octanol–water partition coefficient (Wildman–Crippen LogP) is 1.44. The number of nitrogens with zero attached hydrogens (tertiary/aromatic N) is 1. The fourth-order valence-corrected chi connectivity index (χ4v) is 3.94. The van der Waals surface area contributed by atoms with E-state index in [0.717, 1.165) is 32.4 Å². The molecule has 1 heterocycles. The summed E-state index contributed by atoms with van der Waals surface area (Å²) in [6.07, 6.45) is 3.98. The van der Waals surface area contributed by atoms with Crippen molar-refractivity contribution in [1.82, 2.24) is 9.62 Å². The first kappa shape index (κ1) is 14.9. The van der Waals surface area contributed by atoms with E-state index in [1.54, 1.807) is 4.31 Å². The molecule has 1 aliphatic heterocycles. The maximum atomic E-state index is 12.0. The lowest BCUT2D eigenvalue weighted by atomic mass is 10.00. The molecule has 102 valence electrons. The molecule has 1 unspecified atom stereocenters. The lowest BCUT2D eigenvalue weighted by molar-refractivity contribution is 0.260. The first-order valence-corrected chi connectivity index (χ1v) is 8.39. The van der Waals surface area contributed by atoms with Gasteiger partial charge in [0.25, 0.3) is 0 Å². The third kappa shape index (κ3) is 4.94. The van der Waals surface area contributed by atoms with Gasteiger partial charge in [0.05, 0.1) is 5.75 Å². The van der Waals surface area contributed by atoms with Crippen molar-refractivity contribution < 1.29 is 8.42 Å². The van der Waals surface area contributed by atoms with Crippen LogP contribution in [-0.2, 0) is 10.0 Å². The number of nitrogens with one attached hydrogen (secondary N) is 1. The van der Waals surface area contributed by atoms with Crippen LogP contribution in [0.4, 0.5) is 0 Å². The van der Waals surface area contributed by atoms with E-state index >= 15 is 0 Å². The normalized spacial score (nSPS) is 22.8. The first-order chi connectivity index (χ1) is 8.10. The Balaban J connectivity index is 2.43. The molecule has 0 radical (unpaired) electrons. The van der Waals surface area contributed by atoms with Crippen molar-refractivity contribution in [2.45, 2.75) is 39.5 Å². The predicted molar refractivity (Wildman–Crippen MR) is 71.5 cm³/mol. The van der Waals surface area contributed by atoms with Crippen molar-refractivity contribution in [3.63, 3.8) is 0 Å². The third-order valence-corrected chi connectivity index (χ3v) is 5.24. The molecule has 5 heteroatoms. The van der Waals surface area contributed by atoms with E-state index in [1.807, 2.05) is 6.92 Å². The zero-order chi connectivity index (χ0) is 12.7. The molecule has 4 nitrogen and oxygen atoms in total. The Morgan fingerprint density at radius 2 is 2.06 bits per heavy atom. The Labute approximate surface area is 106 Å². The van der Waals surface area contributed by atoms with Crippen LogP contribution in [0.2, 0.25) is 0 Å². The van der Waals surface area contributed by atoms with Gasteiger partial charge in [0.2, 0.25) is 10.0 Å². The number of rotatable bonds is 7. The minimum atomic E-state index is -2.99. The minimum Gasteiger partial charge on any atom is -0.316 e. The van der Waals surface area contributed by atoms with E-state index in [4.69, 9.17) is 0 Å². The van der Waals surface area contributed by atoms with Crippen LogP contribution in [0.1, 0.15) is 39.5 Å². The molecule has 1 N–H and O–H groups in total. The van der Waals surface area contributed by atoms with Crippen LogP contribution in [-0.4, -0.2) is 44.7 Å². The van der Waals surface area contributed by atoms with Gasteiger partial charge >= 0.3 is 0 Å². The van der Waals surface area contributed by atoms with E-state index in [-0.39, 0.29) is 0 Å². The topological polar surface area (TPSA) is 49.4 Å². The van der Waals surface area contributed by atoms with Crippen LogP contribution in [0.3, 0.4) is 0 Å². The van der Waals surface area contributed by atoms with Crippen molar-refractivity contribution in [1.29, 1.82) is 0 Å². The average Bonchev–Trinajstić information content (AvgIpc) is 2.30. The molecular formula is C12H26N2O2S. The zero-order valence-electron chi connectivity index (χ0n) is 11.1. The summed E-state index contributed by atoms with van der Waals surface area (Å²) >= 11 is 0. The van der Waals surface area contributed by atoms with Gasteiger partial charge in [-0.25, -0.2) is 12.7 Å². The van der Waals surface area contributed by atoms with Crippen molar-refractivity contribution in [3.8, 4) is 0 Å². The van der Waals surface area contributed by atoms with Crippen LogP contribution < -0.4 is 5.32 Å². The molecule has 1 saturated heterocycles. The summed E-state index contributed by atoms with van der Waals surface area (Å²) in [5.41, 5.74) is 0. The zero-order valence-corrected chi connectivity index (χ0v) is 11.9. The molecular weight excluding hydrogens is 236 g/mol. The van der Waals surface area contributed by atoms with E-state index in [2.05, 4.69) is 12.2 Å². The summed E-state index contributed by atoms with van der Waals surface area (Å²) in [6.45, 7) is 7.46. The Bertz CT molecular complexity index is 304. The second-order valence-corrected chi connectivity index (χ2v) is 6.97. The van der Waals surface area contributed by atoms with E-state index < -0.39 is 10.0 Å². The molecule has 0 aliphatic carbocycles. The van der Waals surface area contributed by atoms with E-state index in [9.17, 15) is 8.42 Å². The molecule has 17 heavy (non-hydrogen) atoms. The highest BCUT2D eigenvalue weighted by Crippen LogP contribution is 2.19. The van der Waals surface area contributed by atoms with Gasteiger partial charge in [0, 0.05) is 13.1 Å². The van der Waals surface area contributed by atoms with Crippen LogP contribution >= 0.6 is 0 Å². The molecule has 0 bridgehead atoms. The van der Waals surface area contributed by atoms with Crippen LogP contribution in [0.25, 0.3) is 0 Å². The highest BCUT2D eigenvalue weighted by atomic mass is 32.2. The standard InChI is InChI=1S/C12H26N2O2S/c1-3-7-13-10-12-6-5-8-14(11-12)17(15,16)9-4-2/h12-13H,3-11H2,1-2H3. The SMILES string of the molecule is CCCNCC1CCCN(S(=O)(=O)CCC)C1. The molecule has 0 amide bonds. The van der Waals surface area contributed by atoms with Crippen molar-refractivity contribution in [3.05, 3.63) is 0 Å². The van der Waals surface area contributed by atoms with Gasteiger partial charge in [-0.2, -0.15) is 0 Å². The molecule has 0 saturated carbocycles. The van der Waals surface area contributed by atoms with Gasteiger partial charge in [0.1, 0.15) is 0 Å². The Morgan fingerprint density at radius 3 is 2.71 bits per heavy atom. The average molecular weight is 262 g/mol. The number of hydrogen-bond donors (Lipinski definition) is 1. The van der Waals surface area contributed by atoms with Crippen LogP contribution in [0.5, 0.6) is 0 Å². The van der Waals surface area contributed by atoms with Crippen LogP contribution in [0.15, 0.2) is 0 Å². The molecule has 1 atom stereocenters. The molecule has 1 fully saturated rings. The van der Waals surface area contributed by atoms with Crippen molar-refractivity contribution in [2.24, 2.45) is 5.92 Å². The van der Waals surface area contributed by atoms with E-state index in [0.29, 0.717) is 31.2 Å². The Kier molecular flexibility index (Phi) is 6.44. The number of piperidine rings is 1. The Morgan fingerprint density at radius 1 is 1.29 bits per heavy atom. The first-order valence-electron chi connectivity index (χ1n) is 6.78. The van der Waals surface area contributed by atoms with Gasteiger partial charge < -0.3 is 5.32 Å². The summed E-state index contributed by atoms with van der Waals surface area (Å²) in [7, 11) is -2.99. The molecule has 1 aliphatic rings. The summed E-state index contributed by atoms with van der Waals surface area (Å²) in [5, 5.41) is 3.39. The lowest BCUT2D eigenvalue weighted by Gasteiger charge is -2.32. The van der Waals surface area contributed by atoms with Gasteiger partial charge in [-0.1, -0.05) is 13.8 Å². The van der Waals surface area contributed by atoms with Gasteiger partial charge in [-0.05, 0) is 44.7 Å². The van der Waals surface area contributed by atoms with Crippen molar-refractivity contribution >= 4 is 10.0 Å². The monoisotopic (exact) mass is 262 g/mol. The fourth-order valence-electron chi connectivity index (χ4n) is 2.32. The maximum absolute atomic E-state index is 12.0. The summed E-state index contributed by atoms with van der Waals surface area (Å²) < 4.78 is 25.6. The van der Waals surface area contributed by atoms with Gasteiger partial charge in [-0.15, -0.1) is 0 Å². The van der Waals surface area contributed by atoms with E-state index in [1.165, 1.54) is 0 Å². The lowest BCUT2D eigenvalue weighted by Crippen LogP contribution is -2.43. The second kappa shape index (κ2) is 7.34. The fraction of sp³-hybridized carbons (Fsp3) is 1.00. The highest BCUT2D eigenvalue weighted by Gasteiger charge is 2.27. The number of sulfonamides is 1. The largest absolute Gasteiger partial charge is 0.316 e. The third-order valence-electron chi connectivity index (χ3n) is 3.20. The van der Waals surface area contributed by atoms with Gasteiger partial charge in [-0.3, -0.25) is 0 Å². The second-order valence-electron chi connectivity index (χ2n) is 4.89. The van der Waals surface area contributed by atoms with Gasteiger partial charge in [0.15, 0.2) is 0 Å². The molecule has 0 aromatic rings. The quantitative estimate of drug-likeness (QED) is 0.706. The number of hydrogen-bond acceptors (Lipinski definition) is 3. The minimum absolute atomic E-state index is 0.294. The molecule has 0 spiro atoms. The summed E-state index contributed by atoms with van der Waals surface area (Å²) in [6, 6.07) is 0. The molecule has 0 aromatic heterocycles. The summed E-state index contributed by atoms with van der Waals surface area (Å²) in [4.78, 5) is 0. The highest BCUT2D eigenvalue weighted by molar-refractivity contribution is 7.89.